The fourth-order valence-electron chi connectivity index (χ4n) is 2.40. The van der Waals surface area contributed by atoms with Gasteiger partial charge in [0.2, 0.25) is 15.9 Å². The number of anilines is 1. The Morgan fingerprint density at radius 1 is 1.33 bits per heavy atom. The standard InChI is InChI=1S/C13H20N4O3S/c1-16(2)13(18)10-5-7-17(8-6-10)21(19,20)11-3-4-12(14)15-9-11/h3-4,9-10H,5-8H2,1-2H3,(H2,14,15). The van der Waals surface area contributed by atoms with Crippen LogP contribution in [-0.4, -0.2) is 55.7 Å². The van der Waals surface area contributed by atoms with Crippen molar-refractivity contribution in [3.05, 3.63) is 18.3 Å². The number of hydrogen-bond donors (Lipinski definition) is 1. The third-order valence-electron chi connectivity index (χ3n) is 3.64. The summed E-state index contributed by atoms with van der Waals surface area (Å²) in [6.45, 7) is 0.688. The molecule has 1 fully saturated rings. The van der Waals surface area contributed by atoms with Gasteiger partial charge in [0.25, 0.3) is 0 Å². The van der Waals surface area contributed by atoms with Crippen molar-refractivity contribution in [3.63, 3.8) is 0 Å². The summed E-state index contributed by atoms with van der Waals surface area (Å²) >= 11 is 0. The van der Waals surface area contributed by atoms with Crippen molar-refractivity contribution in [2.24, 2.45) is 5.92 Å². The van der Waals surface area contributed by atoms with Gasteiger partial charge in [0.15, 0.2) is 0 Å². The molecule has 0 saturated carbocycles. The Bertz CT molecular complexity index is 605. The molecular weight excluding hydrogens is 292 g/mol. The number of nitrogen functional groups attached to an aromatic ring is 1. The Hall–Kier alpha value is -1.67. The lowest BCUT2D eigenvalue weighted by Gasteiger charge is -2.31. The molecule has 0 atom stereocenters. The van der Waals surface area contributed by atoms with E-state index in [0.29, 0.717) is 25.9 Å². The van der Waals surface area contributed by atoms with Crippen molar-refractivity contribution in [2.45, 2.75) is 17.7 Å². The summed E-state index contributed by atoms with van der Waals surface area (Å²) < 4.78 is 26.3. The molecule has 1 aromatic rings. The molecule has 2 heterocycles. The number of hydrogen-bond acceptors (Lipinski definition) is 5. The van der Waals surface area contributed by atoms with Gasteiger partial charge in [-0.25, -0.2) is 13.4 Å². The molecule has 0 aliphatic carbocycles. The predicted octanol–water partition coefficient (Wildman–Crippen LogP) is 0.153. The third-order valence-corrected chi connectivity index (χ3v) is 5.52. The maximum absolute atomic E-state index is 12.5. The zero-order chi connectivity index (χ0) is 15.6. The van der Waals surface area contributed by atoms with Crippen molar-refractivity contribution < 1.29 is 13.2 Å². The van der Waals surface area contributed by atoms with Crippen molar-refractivity contribution in [2.75, 3.05) is 32.9 Å². The summed E-state index contributed by atoms with van der Waals surface area (Å²) in [6, 6.07) is 2.92. The van der Waals surface area contributed by atoms with Crippen molar-refractivity contribution in [1.29, 1.82) is 0 Å². The topological polar surface area (TPSA) is 96.6 Å². The molecule has 8 heteroatoms. The van der Waals surface area contributed by atoms with E-state index in [1.54, 1.807) is 19.0 Å². The lowest BCUT2D eigenvalue weighted by molar-refractivity contribution is -0.134. The van der Waals surface area contributed by atoms with Gasteiger partial charge < -0.3 is 10.6 Å². The van der Waals surface area contributed by atoms with E-state index in [1.165, 1.54) is 22.6 Å². The van der Waals surface area contributed by atoms with Gasteiger partial charge in [-0.1, -0.05) is 0 Å². The van der Waals surface area contributed by atoms with Crippen LogP contribution in [0.25, 0.3) is 0 Å². The minimum Gasteiger partial charge on any atom is -0.384 e. The van der Waals surface area contributed by atoms with E-state index in [1.807, 2.05) is 0 Å². The summed E-state index contributed by atoms with van der Waals surface area (Å²) in [5.74, 6) is 0.237. The van der Waals surface area contributed by atoms with Crippen LogP contribution >= 0.6 is 0 Å². The Kier molecular flexibility index (Phi) is 4.48. The van der Waals surface area contributed by atoms with Crippen LogP contribution in [0.15, 0.2) is 23.2 Å². The van der Waals surface area contributed by atoms with E-state index in [9.17, 15) is 13.2 Å². The molecule has 21 heavy (non-hydrogen) atoms. The monoisotopic (exact) mass is 312 g/mol. The summed E-state index contributed by atoms with van der Waals surface area (Å²) in [6.07, 6.45) is 2.35. The molecule has 0 spiro atoms. The lowest BCUT2D eigenvalue weighted by Crippen LogP contribution is -2.42. The van der Waals surface area contributed by atoms with E-state index >= 15 is 0 Å². The Balaban J connectivity index is 2.07. The van der Waals surface area contributed by atoms with E-state index < -0.39 is 10.0 Å². The second kappa shape index (κ2) is 5.98. The first-order chi connectivity index (χ1) is 9.82. The quantitative estimate of drug-likeness (QED) is 0.857. The molecule has 2 rings (SSSR count). The first-order valence-corrected chi connectivity index (χ1v) is 8.19. The number of piperidine rings is 1. The molecule has 0 bridgehead atoms. The molecule has 1 aromatic heterocycles. The number of pyridine rings is 1. The Morgan fingerprint density at radius 2 is 1.95 bits per heavy atom. The van der Waals surface area contributed by atoms with Crippen molar-refractivity contribution in [1.82, 2.24) is 14.2 Å². The summed E-state index contributed by atoms with van der Waals surface area (Å²) in [5.41, 5.74) is 5.47. The lowest BCUT2D eigenvalue weighted by atomic mass is 9.97. The zero-order valence-corrected chi connectivity index (χ0v) is 13.0. The molecule has 0 radical (unpaired) electrons. The second-order valence-corrected chi connectivity index (χ2v) is 7.27. The maximum Gasteiger partial charge on any atom is 0.244 e. The SMILES string of the molecule is CN(C)C(=O)C1CCN(S(=O)(=O)c2ccc(N)nc2)CC1. The first kappa shape index (κ1) is 15.7. The average molecular weight is 312 g/mol. The van der Waals surface area contributed by atoms with Crippen LogP contribution in [0.4, 0.5) is 5.82 Å². The number of nitrogens with two attached hydrogens (primary N) is 1. The summed E-state index contributed by atoms with van der Waals surface area (Å²) in [7, 11) is -0.130. The van der Waals surface area contributed by atoms with Gasteiger partial charge >= 0.3 is 0 Å². The highest BCUT2D eigenvalue weighted by molar-refractivity contribution is 7.89. The molecule has 1 saturated heterocycles. The van der Waals surface area contributed by atoms with Gasteiger partial charge in [-0.3, -0.25) is 4.79 Å². The summed E-state index contributed by atoms with van der Waals surface area (Å²) in [5, 5.41) is 0. The number of carbonyl (C=O) groups is 1. The largest absolute Gasteiger partial charge is 0.384 e. The molecule has 1 amide bonds. The highest BCUT2D eigenvalue weighted by atomic mass is 32.2. The van der Waals surface area contributed by atoms with Crippen LogP contribution in [-0.2, 0) is 14.8 Å². The molecule has 1 aliphatic rings. The van der Waals surface area contributed by atoms with Crippen LogP contribution in [0.1, 0.15) is 12.8 Å². The van der Waals surface area contributed by atoms with Gasteiger partial charge in [0.05, 0.1) is 0 Å². The fourth-order valence-corrected chi connectivity index (χ4v) is 3.82. The normalized spacial score (nSPS) is 17.6. The smallest absolute Gasteiger partial charge is 0.244 e. The Morgan fingerprint density at radius 3 is 2.43 bits per heavy atom. The van der Waals surface area contributed by atoms with E-state index in [2.05, 4.69) is 4.98 Å². The van der Waals surface area contributed by atoms with E-state index in [4.69, 9.17) is 5.73 Å². The number of amides is 1. The third kappa shape index (κ3) is 3.33. The number of rotatable bonds is 3. The van der Waals surface area contributed by atoms with Crippen LogP contribution in [0.3, 0.4) is 0 Å². The molecule has 2 N–H and O–H groups in total. The fraction of sp³-hybridized carbons (Fsp3) is 0.538. The van der Waals surface area contributed by atoms with Crippen molar-refractivity contribution in [3.8, 4) is 0 Å². The minimum atomic E-state index is -3.56. The van der Waals surface area contributed by atoms with Crippen LogP contribution < -0.4 is 5.73 Å². The molecule has 0 unspecified atom stereocenters. The van der Waals surface area contributed by atoms with E-state index in [0.717, 1.165) is 0 Å². The van der Waals surface area contributed by atoms with Gasteiger partial charge in [-0.15, -0.1) is 0 Å². The average Bonchev–Trinajstić information content (AvgIpc) is 2.47. The number of sulfonamides is 1. The zero-order valence-electron chi connectivity index (χ0n) is 12.2. The van der Waals surface area contributed by atoms with Crippen LogP contribution in [0.2, 0.25) is 0 Å². The molecular formula is C13H20N4O3S. The van der Waals surface area contributed by atoms with Crippen LogP contribution in [0, 0.1) is 5.92 Å². The van der Waals surface area contributed by atoms with Gasteiger partial charge in [0.1, 0.15) is 10.7 Å². The molecule has 116 valence electrons. The molecule has 1 aliphatic heterocycles. The van der Waals surface area contributed by atoms with E-state index in [-0.39, 0.29) is 22.5 Å². The predicted molar refractivity (Wildman–Crippen MR) is 78.8 cm³/mol. The number of carbonyl (C=O) groups excluding carboxylic acids is 1. The summed E-state index contributed by atoms with van der Waals surface area (Å²) in [4.78, 5) is 17.4. The first-order valence-electron chi connectivity index (χ1n) is 6.75. The highest BCUT2D eigenvalue weighted by Gasteiger charge is 2.32. The van der Waals surface area contributed by atoms with Gasteiger partial charge in [-0.05, 0) is 25.0 Å². The van der Waals surface area contributed by atoms with Crippen molar-refractivity contribution >= 4 is 21.7 Å². The number of nitrogens with zero attached hydrogens (tertiary/aromatic N) is 3. The molecule has 7 nitrogen and oxygen atoms in total. The van der Waals surface area contributed by atoms with Gasteiger partial charge in [-0.2, -0.15) is 4.31 Å². The number of aromatic nitrogens is 1. The van der Waals surface area contributed by atoms with Gasteiger partial charge in [0, 0.05) is 39.3 Å². The maximum atomic E-state index is 12.5. The minimum absolute atomic E-state index is 0.0567. The van der Waals surface area contributed by atoms with Crippen LogP contribution in [0.5, 0.6) is 0 Å². The second-order valence-electron chi connectivity index (χ2n) is 5.33. The Labute approximate surface area is 124 Å². The highest BCUT2D eigenvalue weighted by Crippen LogP contribution is 2.24. The molecule has 0 aromatic carbocycles.